The Kier molecular flexibility index (Phi) is 4.00. The molecule has 0 bridgehead atoms. The molecule has 3 rings (SSSR count). The van der Waals surface area contributed by atoms with Gasteiger partial charge in [0.2, 0.25) is 0 Å². The van der Waals surface area contributed by atoms with Crippen molar-refractivity contribution < 1.29 is 4.74 Å². The van der Waals surface area contributed by atoms with E-state index < -0.39 is 0 Å². The molecule has 0 saturated carbocycles. The van der Waals surface area contributed by atoms with Gasteiger partial charge in [-0.1, -0.05) is 36.8 Å². The van der Waals surface area contributed by atoms with Crippen molar-refractivity contribution in [2.24, 2.45) is 0 Å². The van der Waals surface area contributed by atoms with Crippen molar-refractivity contribution in [1.29, 1.82) is 0 Å². The van der Waals surface area contributed by atoms with Crippen LogP contribution in [0.1, 0.15) is 55.3 Å². The molecule has 1 aliphatic heterocycles. The second-order valence-corrected chi connectivity index (χ2v) is 5.54. The van der Waals surface area contributed by atoms with Crippen molar-refractivity contribution in [3.63, 3.8) is 0 Å². The van der Waals surface area contributed by atoms with Gasteiger partial charge >= 0.3 is 0 Å². The minimum Gasteiger partial charge on any atom is -0.372 e. The number of hydrogen-bond donors (Lipinski definition) is 1. The lowest BCUT2D eigenvalue weighted by Crippen LogP contribution is -2.23. The second-order valence-electron chi connectivity index (χ2n) is 5.54. The van der Waals surface area contributed by atoms with Crippen LogP contribution in [0.15, 0.2) is 29.8 Å². The van der Waals surface area contributed by atoms with Gasteiger partial charge in [0.15, 0.2) is 0 Å². The van der Waals surface area contributed by atoms with Crippen molar-refractivity contribution in [2.75, 3.05) is 6.54 Å². The van der Waals surface area contributed by atoms with Gasteiger partial charge in [-0.3, -0.25) is 0 Å². The van der Waals surface area contributed by atoms with E-state index in [-0.39, 0.29) is 0 Å². The maximum absolute atomic E-state index is 5.52. The van der Waals surface area contributed by atoms with Gasteiger partial charge in [0, 0.05) is 0 Å². The van der Waals surface area contributed by atoms with Crippen LogP contribution in [0.4, 0.5) is 0 Å². The first-order valence-electron chi connectivity index (χ1n) is 7.50. The van der Waals surface area contributed by atoms with E-state index in [2.05, 4.69) is 36.5 Å². The van der Waals surface area contributed by atoms with Crippen LogP contribution >= 0.6 is 0 Å². The third kappa shape index (κ3) is 2.75. The molecule has 19 heavy (non-hydrogen) atoms. The Labute approximate surface area is 115 Å². The molecule has 0 saturated heterocycles. The standard InChI is InChI=1S/C17H23NO/c1-2-18-17(13-6-4-3-5-7-13)14-8-9-15-11-19-12-16(15)10-14/h6,8-10,17-18H,2-5,7,11-12H2,1H3. The van der Waals surface area contributed by atoms with E-state index in [1.54, 1.807) is 5.57 Å². The van der Waals surface area contributed by atoms with E-state index in [4.69, 9.17) is 4.74 Å². The van der Waals surface area contributed by atoms with Crippen LogP contribution in [0.3, 0.4) is 0 Å². The number of benzene rings is 1. The molecule has 0 radical (unpaired) electrons. The molecule has 0 aromatic heterocycles. The van der Waals surface area contributed by atoms with Crippen LogP contribution in [0, 0.1) is 0 Å². The van der Waals surface area contributed by atoms with Crippen molar-refractivity contribution >= 4 is 0 Å². The normalized spacial score (nSPS) is 19.9. The number of likely N-dealkylation sites (N-methyl/N-ethyl adjacent to an activating group) is 1. The molecule has 2 heteroatoms. The monoisotopic (exact) mass is 257 g/mol. The Morgan fingerprint density at radius 1 is 1.21 bits per heavy atom. The smallest absolute Gasteiger partial charge is 0.0725 e. The Balaban J connectivity index is 1.89. The molecule has 0 spiro atoms. The minimum absolute atomic E-state index is 0.399. The van der Waals surface area contributed by atoms with E-state index in [0.29, 0.717) is 6.04 Å². The summed E-state index contributed by atoms with van der Waals surface area (Å²) in [5, 5.41) is 3.65. The summed E-state index contributed by atoms with van der Waals surface area (Å²) >= 11 is 0. The first-order valence-corrected chi connectivity index (χ1v) is 7.50. The Morgan fingerprint density at radius 3 is 2.89 bits per heavy atom. The summed E-state index contributed by atoms with van der Waals surface area (Å²) in [7, 11) is 0. The van der Waals surface area contributed by atoms with Crippen LogP contribution < -0.4 is 5.32 Å². The van der Waals surface area contributed by atoms with Crippen LogP contribution in [-0.2, 0) is 18.0 Å². The van der Waals surface area contributed by atoms with Gasteiger partial charge in [0.25, 0.3) is 0 Å². The maximum Gasteiger partial charge on any atom is 0.0725 e. The summed E-state index contributed by atoms with van der Waals surface area (Å²) in [5.41, 5.74) is 5.71. The molecule has 1 heterocycles. The molecule has 102 valence electrons. The first kappa shape index (κ1) is 12.9. The average Bonchev–Trinajstić information content (AvgIpc) is 2.93. The quantitative estimate of drug-likeness (QED) is 0.827. The van der Waals surface area contributed by atoms with Gasteiger partial charge in [-0.2, -0.15) is 0 Å². The van der Waals surface area contributed by atoms with Crippen molar-refractivity contribution in [2.45, 2.75) is 51.9 Å². The van der Waals surface area contributed by atoms with Crippen LogP contribution in [0.25, 0.3) is 0 Å². The largest absolute Gasteiger partial charge is 0.372 e. The number of ether oxygens (including phenoxy) is 1. The number of nitrogens with one attached hydrogen (secondary N) is 1. The molecule has 1 aromatic rings. The third-order valence-corrected chi connectivity index (χ3v) is 4.18. The summed E-state index contributed by atoms with van der Waals surface area (Å²) in [4.78, 5) is 0. The first-order chi connectivity index (χ1) is 9.38. The molecule has 1 aromatic carbocycles. The zero-order valence-corrected chi connectivity index (χ0v) is 11.7. The topological polar surface area (TPSA) is 21.3 Å². The number of fused-ring (bicyclic) bond motifs is 1. The highest BCUT2D eigenvalue weighted by atomic mass is 16.5. The van der Waals surface area contributed by atoms with Crippen LogP contribution in [0.5, 0.6) is 0 Å². The highest BCUT2D eigenvalue weighted by molar-refractivity contribution is 5.38. The lowest BCUT2D eigenvalue weighted by Gasteiger charge is -2.25. The summed E-state index contributed by atoms with van der Waals surface area (Å²) in [6.07, 6.45) is 7.61. The zero-order valence-electron chi connectivity index (χ0n) is 11.7. The predicted octanol–water partition coefficient (Wildman–Crippen LogP) is 3.87. The molecule has 1 unspecified atom stereocenters. The highest BCUT2D eigenvalue weighted by Crippen LogP contribution is 2.32. The maximum atomic E-state index is 5.52. The molecule has 2 aliphatic rings. The SMILES string of the molecule is CCNC(C1=CCCCC1)c1ccc2c(c1)COC2. The number of rotatable bonds is 4. The Morgan fingerprint density at radius 2 is 2.11 bits per heavy atom. The van der Waals surface area contributed by atoms with Gasteiger partial charge in [-0.15, -0.1) is 0 Å². The highest BCUT2D eigenvalue weighted by Gasteiger charge is 2.19. The third-order valence-electron chi connectivity index (χ3n) is 4.18. The van der Waals surface area contributed by atoms with Gasteiger partial charge in [-0.05, 0) is 48.9 Å². The fourth-order valence-electron chi connectivity index (χ4n) is 3.16. The molecular formula is C17H23NO. The fourth-order valence-corrected chi connectivity index (χ4v) is 3.16. The molecule has 1 aliphatic carbocycles. The predicted molar refractivity (Wildman–Crippen MR) is 77.9 cm³/mol. The Hall–Kier alpha value is -1.12. The van der Waals surface area contributed by atoms with E-state index in [1.807, 2.05) is 0 Å². The van der Waals surface area contributed by atoms with Crippen LogP contribution in [0.2, 0.25) is 0 Å². The zero-order chi connectivity index (χ0) is 13.1. The van der Waals surface area contributed by atoms with Gasteiger partial charge in [0.05, 0.1) is 19.3 Å². The average molecular weight is 257 g/mol. The number of allylic oxidation sites excluding steroid dienone is 1. The summed E-state index contributed by atoms with van der Waals surface area (Å²) in [6.45, 7) is 4.76. The van der Waals surface area contributed by atoms with Gasteiger partial charge < -0.3 is 10.1 Å². The molecule has 1 atom stereocenters. The van der Waals surface area contributed by atoms with Crippen molar-refractivity contribution in [3.8, 4) is 0 Å². The molecule has 0 fully saturated rings. The summed E-state index contributed by atoms with van der Waals surface area (Å²) in [5.74, 6) is 0. The van der Waals surface area contributed by atoms with Crippen molar-refractivity contribution in [3.05, 3.63) is 46.5 Å². The number of hydrogen-bond acceptors (Lipinski definition) is 2. The minimum atomic E-state index is 0.399. The van der Waals surface area contributed by atoms with Crippen molar-refractivity contribution in [1.82, 2.24) is 5.32 Å². The van der Waals surface area contributed by atoms with Gasteiger partial charge in [0.1, 0.15) is 0 Å². The summed E-state index contributed by atoms with van der Waals surface area (Å²) in [6, 6.07) is 7.25. The Bertz CT molecular complexity index is 478. The lowest BCUT2D eigenvalue weighted by molar-refractivity contribution is 0.134. The lowest BCUT2D eigenvalue weighted by atomic mass is 9.88. The van der Waals surface area contributed by atoms with E-state index in [1.165, 1.54) is 42.4 Å². The second kappa shape index (κ2) is 5.89. The molecular weight excluding hydrogens is 234 g/mol. The van der Waals surface area contributed by atoms with E-state index in [0.717, 1.165) is 19.8 Å². The molecule has 1 N–H and O–H groups in total. The van der Waals surface area contributed by atoms with Gasteiger partial charge in [-0.25, -0.2) is 0 Å². The molecule has 2 nitrogen and oxygen atoms in total. The summed E-state index contributed by atoms with van der Waals surface area (Å²) < 4.78 is 5.52. The molecule has 0 amide bonds. The van der Waals surface area contributed by atoms with Crippen LogP contribution in [-0.4, -0.2) is 6.54 Å². The van der Waals surface area contributed by atoms with E-state index >= 15 is 0 Å². The fraction of sp³-hybridized carbons (Fsp3) is 0.529. The van der Waals surface area contributed by atoms with E-state index in [9.17, 15) is 0 Å².